The highest BCUT2D eigenvalue weighted by Gasteiger charge is 2.19. The van der Waals surface area contributed by atoms with Gasteiger partial charge in [0.15, 0.2) is 17.5 Å². The average molecular weight is 577 g/mol. The van der Waals surface area contributed by atoms with Crippen LogP contribution in [0.5, 0.6) is 0 Å². The lowest BCUT2D eigenvalue weighted by Gasteiger charge is -2.08. The molecule has 0 aliphatic carbocycles. The van der Waals surface area contributed by atoms with Gasteiger partial charge in [-0.2, -0.15) is 0 Å². The second-order valence-electron chi connectivity index (χ2n) is 9.96. The zero-order chi connectivity index (χ0) is 38.6. The Labute approximate surface area is 267 Å². The van der Waals surface area contributed by atoms with E-state index in [1.165, 1.54) is 0 Å². The van der Waals surface area contributed by atoms with E-state index in [9.17, 15) is 4.11 Å². The van der Waals surface area contributed by atoms with E-state index < -0.39 is 60.4 Å². The maximum Gasteiger partial charge on any atom is 0.164 e. The molecule has 0 saturated heterocycles. The topological polar surface area (TPSA) is 65.0 Å². The van der Waals surface area contributed by atoms with Crippen molar-refractivity contribution < 1.29 is 23.9 Å². The first kappa shape index (κ1) is 16.0. The van der Waals surface area contributed by atoms with Crippen LogP contribution in [0, 0.1) is 0 Å². The van der Waals surface area contributed by atoms with Crippen molar-refractivity contribution in [1.82, 2.24) is 15.0 Å². The molecule has 0 unspecified atom stereocenters. The van der Waals surface area contributed by atoms with Gasteiger partial charge in [-0.15, -0.1) is 0 Å². The molecular formula is C39H23N3O2. The van der Waals surface area contributed by atoms with E-state index in [1.807, 2.05) is 24.3 Å². The van der Waals surface area contributed by atoms with Gasteiger partial charge < -0.3 is 8.83 Å². The van der Waals surface area contributed by atoms with Gasteiger partial charge in [-0.05, 0) is 29.8 Å². The van der Waals surface area contributed by atoms with Crippen molar-refractivity contribution in [3.63, 3.8) is 0 Å². The Kier molecular flexibility index (Phi) is 3.54. The lowest BCUT2D eigenvalue weighted by molar-refractivity contribution is 0.668. The number of hydrogen-bond acceptors (Lipinski definition) is 5. The maximum absolute atomic E-state index is 9.42. The molecule has 44 heavy (non-hydrogen) atoms. The van der Waals surface area contributed by atoms with E-state index in [-0.39, 0.29) is 62.1 Å². The highest BCUT2D eigenvalue weighted by molar-refractivity contribution is 6.17. The predicted molar refractivity (Wildman–Crippen MR) is 176 cm³/mol. The standard InChI is InChI=1S/C39H23N3O2/c1-3-11-24(12-4-1)37-40-38(25-13-5-2-6-14-25)42-39(41-37)26-21-22-27-29-17-9-18-30(36(29)44-34(27)23-26)28-16-10-20-33-35(28)31-15-7-8-19-32(31)43-33/h1-23H/i1D,3D,4D,9D,11D,12D,17D,18D,21D,22D,23D. The second kappa shape index (κ2) is 9.75. The SMILES string of the molecule is [2H]c1c([2H])c([2H])c(-c2nc(-c3ccccc3)nc(-c3c([2H])c([2H])c4c(oc5c(-c6cccc7oc8ccccc8c67)c([2H])c([2H])c([2H])c54)c3[2H])n2)c([2H])c1[2H]. The van der Waals surface area contributed by atoms with Crippen LogP contribution in [0.25, 0.3) is 89.2 Å². The van der Waals surface area contributed by atoms with Gasteiger partial charge >= 0.3 is 0 Å². The van der Waals surface area contributed by atoms with Gasteiger partial charge in [0.1, 0.15) is 22.3 Å². The minimum atomic E-state index is -0.609. The first-order chi connectivity index (χ1) is 26.4. The van der Waals surface area contributed by atoms with Gasteiger partial charge in [0.2, 0.25) is 0 Å². The Hall–Kier alpha value is -6.07. The Morgan fingerprint density at radius 3 is 2.07 bits per heavy atom. The molecule has 0 fully saturated rings. The summed E-state index contributed by atoms with van der Waals surface area (Å²) in [6.07, 6.45) is 0. The summed E-state index contributed by atoms with van der Waals surface area (Å²) in [4.78, 5) is 13.5. The van der Waals surface area contributed by atoms with Crippen LogP contribution in [-0.2, 0) is 0 Å². The maximum atomic E-state index is 9.42. The molecule has 206 valence electrons. The zero-order valence-corrected chi connectivity index (χ0v) is 22.6. The highest BCUT2D eigenvalue weighted by Crippen LogP contribution is 2.42. The fourth-order valence-electron chi connectivity index (χ4n) is 5.38. The van der Waals surface area contributed by atoms with Gasteiger partial charge in [0, 0.05) is 43.8 Å². The van der Waals surface area contributed by atoms with Gasteiger partial charge in [-0.1, -0.05) is 115 Å². The van der Waals surface area contributed by atoms with Crippen LogP contribution in [0.1, 0.15) is 15.1 Å². The smallest absolute Gasteiger partial charge is 0.164 e. The summed E-state index contributed by atoms with van der Waals surface area (Å²) in [5, 5.41) is 1.29. The van der Waals surface area contributed by atoms with Crippen LogP contribution in [0.3, 0.4) is 0 Å². The van der Waals surface area contributed by atoms with Crippen LogP contribution in [-0.4, -0.2) is 15.0 Å². The highest BCUT2D eigenvalue weighted by atomic mass is 16.3. The minimum Gasteiger partial charge on any atom is -0.456 e. The van der Waals surface area contributed by atoms with Crippen LogP contribution in [0.15, 0.2) is 148 Å². The first-order valence-corrected chi connectivity index (χ1v) is 13.6. The first-order valence-electron chi connectivity index (χ1n) is 19.1. The van der Waals surface area contributed by atoms with E-state index in [0.29, 0.717) is 27.7 Å². The molecule has 0 N–H and O–H groups in total. The molecule has 9 rings (SSSR count). The van der Waals surface area contributed by atoms with Crippen molar-refractivity contribution in [1.29, 1.82) is 0 Å². The third-order valence-electron chi connectivity index (χ3n) is 7.35. The lowest BCUT2D eigenvalue weighted by Crippen LogP contribution is -2.00. The van der Waals surface area contributed by atoms with Gasteiger partial charge in [0.25, 0.3) is 0 Å². The molecule has 0 amide bonds. The second-order valence-corrected chi connectivity index (χ2v) is 9.96. The Morgan fingerprint density at radius 2 is 1.20 bits per heavy atom. The van der Waals surface area contributed by atoms with Crippen molar-refractivity contribution in [2.75, 3.05) is 0 Å². The lowest BCUT2D eigenvalue weighted by atomic mass is 9.97. The number of fused-ring (bicyclic) bond motifs is 6. The molecule has 6 aromatic carbocycles. The third kappa shape index (κ3) is 3.91. The normalized spacial score (nSPS) is 15.1. The number of benzene rings is 6. The Morgan fingerprint density at radius 1 is 0.455 bits per heavy atom. The summed E-state index contributed by atoms with van der Waals surface area (Å²) in [5.41, 5.74) is 1.34. The van der Waals surface area contributed by atoms with Gasteiger partial charge in [0.05, 0.1) is 15.1 Å². The fourth-order valence-corrected chi connectivity index (χ4v) is 5.38. The molecule has 3 aromatic heterocycles. The minimum absolute atomic E-state index is 0.0105. The molecule has 0 aliphatic rings. The summed E-state index contributed by atoms with van der Waals surface area (Å²) >= 11 is 0. The summed E-state index contributed by atoms with van der Waals surface area (Å²) in [7, 11) is 0. The van der Waals surface area contributed by atoms with E-state index in [1.54, 1.807) is 48.5 Å². The largest absolute Gasteiger partial charge is 0.456 e. The molecule has 0 radical (unpaired) electrons. The number of para-hydroxylation sites is 2. The summed E-state index contributed by atoms with van der Waals surface area (Å²) in [6, 6.07) is 15.6. The molecule has 0 saturated carbocycles. The predicted octanol–water partition coefficient (Wildman–Crippen LogP) is 10.3. The van der Waals surface area contributed by atoms with E-state index >= 15 is 0 Å². The van der Waals surface area contributed by atoms with E-state index in [2.05, 4.69) is 15.0 Å². The molecule has 5 heteroatoms. The number of hydrogen-bond donors (Lipinski definition) is 0. The molecule has 0 spiro atoms. The van der Waals surface area contributed by atoms with Crippen LogP contribution in [0.4, 0.5) is 0 Å². The van der Waals surface area contributed by atoms with E-state index in [4.69, 9.17) is 19.8 Å². The quantitative estimate of drug-likeness (QED) is 0.209. The van der Waals surface area contributed by atoms with Crippen molar-refractivity contribution in [3.8, 4) is 45.3 Å². The molecule has 9 aromatic rings. The van der Waals surface area contributed by atoms with Crippen LogP contribution < -0.4 is 0 Å². The van der Waals surface area contributed by atoms with Crippen LogP contribution >= 0.6 is 0 Å². The molecule has 3 heterocycles. The number of nitrogens with zero attached hydrogens (tertiary/aromatic N) is 3. The third-order valence-corrected chi connectivity index (χ3v) is 7.35. The molecule has 0 bridgehead atoms. The number of aromatic nitrogens is 3. The number of furan rings is 2. The Bertz CT molecular complexity index is 3100. The van der Waals surface area contributed by atoms with Crippen LogP contribution in [0.2, 0.25) is 0 Å². The van der Waals surface area contributed by atoms with Crippen molar-refractivity contribution in [3.05, 3.63) is 139 Å². The fraction of sp³-hybridized carbons (Fsp3) is 0. The average Bonchev–Trinajstić information content (AvgIpc) is 3.78. The summed E-state index contributed by atoms with van der Waals surface area (Å²) in [5.74, 6) is -0.606. The summed E-state index contributed by atoms with van der Waals surface area (Å²) < 4.78 is 109. The number of rotatable bonds is 4. The monoisotopic (exact) mass is 576 g/mol. The molecular weight excluding hydrogens is 542 g/mol. The van der Waals surface area contributed by atoms with Gasteiger partial charge in [-0.3, -0.25) is 0 Å². The van der Waals surface area contributed by atoms with E-state index in [0.717, 1.165) is 5.39 Å². The molecule has 0 aliphatic heterocycles. The summed E-state index contributed by atoms with van der Waals surface area (Å²) in [6.45, 7) is 0. The zero-order valence-electron chi connectivity index (χ0n) is 33.6. The van der Waals surface area contributed by atoms with Crippen molar-refractivity contribution >= 4 is 43.9 Å². The van der Waals surface area contributed by atoms with Crippen molar-refractivity contribution in [2.24, 2.45) is 0 Å². The van der Waals surface area contributed by atoms with Crippen molar-refractivity contribution in [2.45, 2.75) is 0 Å². The molecule has 0 atom stereocenters. The molecule has 5 nitrogen and oxygen atoms in total. The van der Waals surface area contributed by atoms with Gasteiger partial charge in [-0.25, -0.2) is 15.0 Å². The Balaban J connectivity index is 1.37.